The van der Waals surface area contributed by atoms with Crippen molar-refractivity contribution in [3.05, 3.63) is 170 Å². The summed E-state index contributed by atoms with van der Waals surface area (Å²) in [4.78, 5) is 7.17. The van der Waals surface area contributed by atoms with Gasteiger partial charge in [0.1, 0.15) is 16.7 Å². The van der Waals surface area contributed by atoms with Crippen LogP contribution in [-0.4, -0.2) is 4.98 Å². The first-order valence-electron chi connectivity index (χ1n) is 16.4. The highest BCUT2D eigenvalue weighted by atomic mass is 16.3. The molecule has 0 radical (unpaired) electrons. The molecule has 4 nitrogen and oxygen atoms in total. The second-order valence-electron chi connectivity index (χ2n) is 12.4. The number of anilines is 3. The van der Waals surface area contributed by atoms with Gasteiger partial charge in [0.15, 0.2) is 5.58 Å². The largest absolute Gasteiger partial charge is 0.456 e. The maximum absolute atomic E-state index is 6.42. The van der Waals surface area contributed by atoms with Gasteiger partial charge in [0.2, 0.25) is 5.89 Å². The Morgan fingerprint density at radius 2 is 1.06 bits per heavy atom. The zero-order chi connectivity index (χ0) is 32.3. The van der Waals surface area contributed by atoms with Gasteiger partial charge in [-0.1, -0.05) is 97.1 Å². The molecule has 10 aromatic rings. The zero-order valence-electron chi connectivity index (χ0n) is 26.4. The molecule has 2 heterocycles. The van der Waals surface area contributed by atoms with E-state index in [0.717, 1.165) is 61.2 Å². The minimum Gasteiger partial charge on any atom is -0.456 e. The highest BCUT2D eigenvalue weighted by Crippen LogP contribution is 2.43. The molecule has 2 aromatic heterocycles. The van der Waals surface area contributed by atoms with Crippen LogP contribution in [0, 0.1) is 0 Å². The first-order valence-corrected chi connectivity index (χ1v) is 16.4. The van der Waals surface area contributed by atoms with Gasteiger partial charge >= 0.3 is 0 Å². The summed E-state index contributed by atoms with van der Waals surface area (Å²) in [6, 6.07) is 59.5. The molecule has 0 amide bonds. The average molecular weight is 629 g/mol. The van der Waals surface area contributed by atoms with Crippen LogP contribution in [0.15, 0.2) is 179 Å². The molecular weight excluding hydrogens is 601 g/mol. The van der Waals surface area contributed by atoms with Crippen LogP contribution in [0.4, 0.5) is 17.1 Å². The lowest BCUT2D eigenvalue weighted by Crippen LogP contribution is -2.10. The number of furan rings is 1. The Morgan fingerprint density at radius 3 is 1.92 bits per heavy atom. The molecular formula is C45H28N2O2. The molecule has 0 fully saturated rings. The molecule has 0 aliphatic carbocycles. The smallest absolute Gasteiger partial charge is 0.228 e. The Balaban J connectivity index is 1.17. The molecule has 0 N–H and O–H groups in total. The van der Waals surface area contributed by atoms with Crippen LogP contribution in [0.1, 0.15) is 0 Å². The maximum atomic E-state index is 6.42. The van der Waals surface area contributed by atoms with E-state index < -0.39 is 0 Å². The zero-order valence-corrected chi connectivity index (χ0v) is 26.4. The fraction of sp³-hybridized carbons (Fsp3) is 0. The summed E-state index contributed by atoms with van der Waals surface area (Å²) in [6.45, 7) is 0. The van der Waals surface area contributed by atoms with Crippen LogP contribution in [-0.2, 0) is 0 Å². The second kappa shape index (κ2) is 11.0. The maximum Gasteiger partial charge on any atom is 0.228 e. The summed E-state index contributed by atoms with van der Waals surface area (Å²) in [6.07, 6.45) is 0. The van der Waals surface area contributed by atoms with Crippen LogP contribution >= 0.6 is 0 Å². The Bertz CT molecular complexity index is 2830. The number of oxazole rings is 1. The Labute approximate surface area is 282 Å². The summed E-state index contributed by atoms with van der Waals surface area (Å²) in [7, 11) is 0. The van der Waals surface area contributed by atoms with Gasteiger partial charge in [0.25, 0.3) is 0 Å². The molecule has 4 heteroatoms. The molecule has 0 atom stereocenters. The van der Waals surface area contributed by atoms with E-state index in [4.69, 9.17) is 13.8 Å². The molecule has 0 bridgehead atoms. The van der Waals surface area contributed by atoms with Gasteiger partial charge in [-0.25, -0.2) is 4.98 Å². The van der Waals surface area contributed by atoms with E-state index >= 15 is 0 Å². The third kappa shape index (κ3) is 4.65. The van der Waals surface area contributed by atoms with E-state index in [9.17, 15) is 0 Å². The quantitative estimate of drug-likeness (QED) is 0.190. The van der Waals surface area contributed by atoms with Crippen molar-refractivity contribution in [1.29, 1.82) is 0 Å². The summed E-state index contributed by atoms with van der Waals surface area (Å²) >= 11 is 0. The lowest BCUT2D eigenvalue weighted by molar-refractivity contribution is 0.620. The molecule has 8 aromatic carbocycles. The number of hydrogen-bond donors (Lipinski definition) is 0. The second-order valence-corrected chi connectivity index (χ2v) is 12.4. The predicted molar refractivity (Wildman–Crippen MR) is 202 cm³/mol. The van der Waals surface area contributed by atoms with Crippen molar-refractivity contribution < 1.29 is 8.83 Å². The molecule has 230 valence electrons. The average Bonchev–Trinajstić information content (AvgIpc) is 3.77. The predicted octanol–water partition coefficient (Wildman–Crippen LogP) is 12.8. The lowest BCUT2D eigenvalue weighted by atomic mass is 10.00. The van der Waals surface area contributed by atoms with Crippen molar-refractivity contribution in [1.82, 2.24) is 4.98 Å². The monoisotopic (exact) mass is 628 g/mol. The Morgan fingerprint density at radius 1 is 0.408 bits per heavy atom. The number of fused-ring (bicyclic) bond motifs is 6. The minimum atomic E-state index is 0.578. The highest BCUT2D eigenvalue weighted by molar-refractivity contribution is 6.13. The first kappa shape index (κ1) is 27.5. The van der Waals surface area contributed by atoms with Crippen molar-refractivity contribution in [2.24, 2.45) is 0 Å². The van der Waals surface area contributed by atoms with Crippen molar-refractivity contribution in [2.45, 2.75) is 0 Å². The number of nitrogens with zero attached hydrogens (tertiary/aromatic N) is 2. The van der Waals surface area contributed by atoms with E-state index in [2.05, 4.69) is 138 Å². The Kier molecular flexibility index (Phi) is 6.15. The summed E-state index contributed by atoms with van der Waals surface area (Å²) in [5.41, 5.74) is 9.59. The SMILES string of the molecule is c1cc(-c2ccc3ccccc3c2)cc(N(c2ccc3ccccc3c2)c2ccc3oc4cccc(-c5nc6ccccc6o5)c4c3c2)c1. The molecule has 10 rings (SSSR count). The van der Waals surface area contributed by atoms with Crippen molar-refractivity contribution in [3.8, 4) is 22.6 Å². The van der Waals surface area contributed by atoms with Gasteiger partial charge in [-0.15, -0.1) is 0 Å². The normalized spacial score (nSPS) is 11.7. The standard InChI is InChI=1S/C45H28N2O2/c1-3-11-31-25-34(20-19-29(31)9-1)33-13-7-14-35(27-33)47(36-22-21-30-10-2-4-12-32(30)26-36)37-23-24-41-39(28-37)44-38(15-8-18-43(44)48-41)45-46-40-16-5-6-17-42(40)49-45/h1-28H. The van der Waals surface area contributed by atoms with Gasteiger partial charge in [-0.2, -0.15) is 0 Å². The third-order valence-corrected chi connectivity index (χ3v) is 9.44. The van der Waals surface area contributed by atoms with Crippen molar-refractivity contribution in [3.63, 3.8) is 0 Å². The number of aromatic nitrogens is 1. The summed E-state index contributed by atoms with van der Waals surface area (Å²) in [5.74, 6) is 0.578. The number of rotatable bonds is 5. The van der Waals surface area contributed by atoms with E-state index in [1.54, 1.807) is 0 Å². The van der Waals surface area contributed by atoms with Gasteiger partial charge < -0.3 is 13.7 Å². The first-order chi connectivity index (χ1) is 24.2. The van der Waals surface area contributed by atoms with Crippen LogP contribution in [0.25, 0.3) is 77.2 Å². The number of benzene rings is 8. The van der Waals surface area contributed by atoms with E-state index in [1.807, 2.05) is 36.4 Å². The van der Waals surface area contributed by atoms with Gasteiger partial charge in [-0.05, 0) is 105 Å². The molecule has 0 unspecified atom stereocenters. The third-order valence-electron chi connectivity index (χ3n) is 9.44. The van der Waals surface area contributed by atoms with Gasteiger partial charge in [0, 0.05) is 33.4 Å². The summed E-state index contributed by atoms with van der Waals surface area (Å²) in [5, 5.41) is 6.83. The fourth-order valence-corrected chi connectivity index (χ4v) is 7.08. The number of hydrogen-bond acceptors (Lipinski definition) is 4. The molecule has 0 aliphatic rings. The summed E-state index contributed by atoms with van der Waals surface area (Å²) < 4.78 is 12.7. The lowest BCUT2D eigenvalue weighted by Gasteiger charge is -2.26. The molecule has 49 heavy (non-hydrogen) atoms. The van der Waals surface area contributed by atoms with Crippen LogP contribution in [0.2, 0.25) is 0 Å². The van der Waals surface area contributed by atoms with Gasteiger partial charge in [0.05, 0.1) is 0 Å². The number of para-hydroxylation sites is 2. The molecule has 0 saturated carbocycles. The van der Waals surface area contributed by atoms with Crippen molar-refractivity contribution >= 4 is 71.6 Å². The van der Waals surface area contributed by atoms with Crippen LogP contribution < -0.4 is 4.90 Å². The minimum absolute atomic E-state index is 0.578. The molecule has 0 aliphatic heterocycles. The van der Waals surface area contributed by atoms with E-state index in [1.165, 1.54) is 27.1 Å². The molecule has 0 spiro atoms. The molecule has 0 saturated heterocycles. The van der Waals surface area contributed by atoms with E-state index in [0.29, 0.717) is 5.89 Å². The Hall–Kier alpha value is -6.65. The van der Waals surface area contributed by atoms with Gasteiger partial charge in [-0.3, -0.25) is 0 Å². The van der Waals surface area contributed by atoms with Crippen molar-refractivity contribution in [2.75, 3.05) is 4.90 Å². The van der Waals surface area contributed by atoms with E-state index in [-0.39, 0.29) is 0 Å². The topological polar surface area (TPSA) is 42.4 Å². The van der Waals surface area contributed by atoms with Crippen LogP contribution in [0.5, 0.6) is 0 Å². The highest BCUT2D eigenvalue weighted by Gasteiger charge is 2.20. The fourth-order valence-electron chi connectivity index (χ4n) is 7.08. The van der Waals surface area contributed by atoms with Crippen LogP contribution in [0.3, 0.4) is 0 Å².